The van der Waals surface area contributed by atoms with E-state index >= 15 is 0 Å². The van der Waals surface area contributed by atoms with Gasteiger partial charge in [0.05, 0.1) is 24.3 Å². The third-order valence-electron chi connectivity index (χ3n) is 7.20. The fourth-order valence-electron chi connectivity index (χ4n) is 4.99. The molecule has 1 aliphatic heterocycles. The van der Waals surface area contributed by atoms with Gasteiger partial charge in [-0.1, -0.05) is 20.8 Å². The van der Waals surface area contributed by atoms with Gasteiger partial charge in [-0.15, -0.1) is 11.3 Å². The standard InChI is InChI=1S/C26H36N2O3S/c1-26(2,3)20-6-10-22(11-7-20)31-21-8-4-18(5-9-21)23-17-32-24(27-23)16-28-14-12-19(13-15-28)25(29)30/h4-5,8-9,17,19-20,22H,6-7,10-16H2,1-3H3,(H,29,30)/t20-,22-. The SMILES string of the molecule is CC(C)(C)[C@H]1CC[C@H](Oc2ccc(-c3csc(CN4CCC(C(=O)O)CC4)n3)cc2)CC1. The first-order valence-corrected chi connectivity index (χ1v) is 12.8. The number of hydrogen-bond acceptors (Lipinski definition) is 5. The molecule has 1 saturated carbocycles. The largest absolute Gasteiger partial charge is 0.490 e. The maximum Gasteiger partial charge on any atom is 0.306 e. The summed E-state index contributed by atoms with van der Waals surface area (Å²) in [5.41, 5.74) is 2.51. The minimum atomic E-state index is -0.661. The van der Waals surface area contributed by atoms with E-state index in [1.165, 1.54) is 12.8 Å². The van der Waals surface area contributed by atoms with E-state index in [0.29, 0.717) is 11.5 Å². The van der Waals surface area contributed by atoms with Crippen molar-refractivity contribution >= 4 is 17.3 Å². The molecule has 5 nitrogen and oxygen atoms in total. The Bertz CT molecular complexity index is 887. The number of ether oxygens (including phenoxy) is 1. The third-order valence-corrected chi connectivity index (χ3v) is 8.03. The van der Waals surface area contributed by atoms with E-state index in [0.717, 1.165) is 73.2 Å². The molecule has 1 aromatic heterocycles. The topological polar surface area (TPSA) is 62.7 Å². The molecule has 0 radical (unpaired) electrons. The Kier molecular flexibility index (Phi) is 7.21. The maximum atomic E-state index is 11.1. The lowest BCUT2D eigenvalue weighted by atomic mass is 9.72. The molecule has 0 unspecified atom stereocenters. The van der Waals surface area contributed by atoms with Crippen LogP contribution in [0, 0.1) is 17.3 Å². The lowest BCUT2D eigenvalue weighted by molar-refractivity contribution is -0.143. The second-order valence-corrected chi connectivity index (χ2v) is 11.4. The molecule has 0 amide bonds. The van der Waals surface area contributed by atoms with Crippen molar-refractivity contribution in [1.29, 1.82) is 0 Å². The van der Waals surface area contributed by atoms with Crippen LogP contribution in [0.1, 0.15) is 64.3 Å². The number of aliphatic carboxylic acids is 1. The van der Waals surface area contributed by atoms with Gasteiger partial charge in [-0.2, -0.15) is 0 Å². The number of carboxylic acid groups (broad SMARTS) is 1. The highest BCUT2D eigenvalue weighted by Gasteiger charge is 2.30. The van der Waals surface area contributed by atoms with Crippen LogP contribution in [-0.2, 0) is 11.3 Å². The molecule has 32 heavy (non-hydrogen) atoms. The number of nitrogens with zero attached hydrogens (tertiary/aromatic N) is 2. The molecule has 6 heteroatoms. The monoisotopic (exact) mass is 456 g/mol. The zero-order valence-corrected chi connectivity index (χ0v) is 20.4. The maximum absolute atomic E-state index is 11.1. The summed E-state index contributed by atoms with van der Waals surface area (Å²) >= 11 is 1.68. The molecule has 2 aromatic rings. The third kappa shape index (κ3) is 5.90. The molecule has 174 valence electrons. The molecule has 2 fully saturated rings. The van der Waals surface area contributed by atoms with E-state index in [9.17, 15) is 4.79 Å². The summed E-state index contributed by atoms with van der Waals surface area (Å²) in [5, 5.41) is 12.4. The number of hydrogen-bond donors (Lipinski definition) is 1. The molecule has 0 bridgehead atoms. The number of carbonyl (C=O) groups is 1. The normalized spacial score (nSPS) is 23.2. The number of benzene rings is 1. The van der Waals surface area contributed by atoms with Gasteiger partial charge >= 0.3 is 5.97 Å². The Labute approximate surface area is 195 Å². The Morgan fingerprint density at radius 2 is 1.75 bits per heavy atom. The Hall–Kier alpha value is -1.92. The van der Waals surface area contributed by atoms with Gasteiger partial charge in [0.1, 0.15) is 10.8 Å². The van der Waals surface area contributed by atoms with Crippen LogP contribution in [0.15, 0.2) is 29.6 Å². The first-order valence-electron chi connectivity index (χ1n) is 11.9. The van der Waals surface area contributed by atoms with Gasteiger partial charge in [-0.25, -0.2) is 4.98 Å². The number of likely N-dealkylation sites (tertiary alicyclic amines) is 1. The van der Waals surface area contributed by atoms with Crippen molar-refractivity contribution in [2.45, 2.75) is 71.9 Å². The first kappa shape index (κ1) is 23.2. The fourth-order valence-corrected chi connectivity index (χ4v) is 5.83. The average Bonchev–Trinajstić information content (AvgIpc) is 3.23. The second-order valence-electron chi connectivity index (χ2n) is 10.5. The summed E-state index contributed by atoms with van der Waals surface area (Å²) in [7, 11) is 0. The second kappa shape index (κ2) is 9.92. The highest BCUT2D eigenvalue weighted by molar-refractivity contribution is 7.09. The summed E-state index contributed by atoms with van der Waals surface area (Å²) in [6.45, 7) is 9.51. The molecule has 0 atom stereocenters. The lowest BCUT2D eigenvalue weighted by Crippen LogP contribution is -2.35. The quantitative estimate of drug-likeness (QED) is 0.570. The lowest BCUT2D eigenvalue weighted by Gasteiger charge is -2.36. The number of carboxylic acids is 1. The Balaban J connectivity index is 1.28. The predicted octanol–water partition coefficient (Wildman–Crippen LogP) is 6.09. The number of aromatic nitrogens is 1. The summed E-state index contributed by atoms with van der Waals surface area (Å²) in [6.07, 6.45) is 6.57. The van der Waals surface area contributed by atoms with Crippen molar-refractivity contribution in [2.75, 3.05) is 13.1 Å². The minimum Gasteiger partial charge on any atom is -0.490 e. The van der Waals surface area contributed by atoms with Gasteiger partial charge in [0.25, 0.3) is 0 Å². The van der Waals surface area contributed by atoms with Gasteiger partial charge in [-0.3, -0.25) is 9.69 Å². The van der Waals surface area contributed by atoms with Crippen LogP contribution in [0.25, 0.3) is 11.3 Å². The van der Waals surface area contributed by atoms with E-state index < -0.39 is 5.97 Å². The number of rotatable bonds is 6. The number of piperidine rings is 1. The van der Waals surface area contributed by atoms with Crippen LogP contribution in [-0.4, -0.2) is 40.2 Å². The van der Waals surface area contributed by atoms with Crippen molar-refractivity contribution in [3.8, 4) is 17.0 Å². The van der Waals surface area contributed by atoms with Crippen LogP contribution in [0.3, 0.4) is 0 Å². The molecule has 2 heterocycles. The molecule has 1 saturated heterocycles. The van der Waals surface area contributed by atoms with E-state index in [-0.39, 0.29) is 5.92 Å². The first-order chi connectivity index (χ1) is 15.3. The van der Waals surface area contributed by atoms with Crippen molar-refractivity contribution in [3.05, 3.63) is 34.7 Å². The van der Waals surface area contributed by atoms with Crippen LogP contribution in [0.4, 0.5) is 0 Å². The fraction of sp³-hybridized carbons (Fsp3) is 0.615. The van der Waals surface area contributed by atoms with Crippen LogP contribution in [0.5, 0.6) is 5.75 Å². The van der Waals surface area contributed by atoms with Crippen LogP contribution < -0.4 is 4.74 Å². The number of thiazole rings is 1. The highest BCUT2D eigenvalue weighted by atomic mass is 32.1. The van der Waals surface area contributed by atoms with Crippen LogP contribution >= 0.6 is 11.3 Å². The molecule has 1 aromatic carbocycles. The van der Waals surface area contributed by atoms with Gasteiger partial charge in [0, 0.05) is 10.9 Å². The molecule has 0 spiro atoms. The molecule has 1 N–H and O–H groups in total. The zero-order chi connectivity index (χ0) is 22.7. The zero-order valence-electron chi connectivity index (χ0n) is 19.5. The van der Waals surface area contributed by atoms with Crippen LogP contribution in [0.2, 0.25) is 0 Å². The predicted molar refractivity (Wildman–Crippen MR) is 129 cm³/mol. The van der Waals surface area contributed by atoms with Crippen molar-refractivity contribution < 1.29 is 14.6 Å². The Morgan fingerprint density at radius 1 is 1.09 bits per heavy atom. The van der Waals surface area contributed by atoms with Gasteiger partial charge in [0.15, 0.2) is 0 Å². The van der Waals surface area contributed by atoms with Crippen molar-refractivity contribution in [1.82, 2.24) is 9.88 Å². The highest BCUT2D eigenvalue weighted by Crippen LogP contribution is 2.39. The van der Waals surface area contributed by atoms with Crippen molar-refractivity contribution in [2.24, 2.45) is 17.3 Å². The molecular formula is C26H36N2O3S. The van der Waals surface area contributed by atoms with Gasteiger partial charge in [0.2, 0.25) is 0 Å². The van der Waals surface area contributed by atoms with E-state index in [2.05, 4.69) is 55.3 Å². The van der Waals surface area contributed by atoms with Crippen molar-refractivity contribution in [3.63, 3.8) is 0 Å². The average molecular weight is 457 g/mol. The molecule has 2 aliphatic rings. The minimum absolute atomic E-state index is 0.188. The Morgan fingerprint density at radius 3 is 2.34 bits per heavy atom. The van der Waals surface area contributed by atoms with Gasteiger partial charge < -0.3 is 9.84 Å². The summed E-state index contributed by atoms with van der Waals surface area (Å²) < 4.78 is 6.27. The molecular weight excluding hydrogens is 420 g/mol. The van der Waals surface area contributed by atoms with E-state index in [4.69, 9.17) is 14.8 Å². The van der Waals surface area contributed by atoms with Gasteiger partial charge in [-0.05, 0) is 87.2 Å². The summed E-state index contributed by atoms with van der Waals surface area (Å²) in [6, 6.07) is 8.35. The smallest absolute Gasteiger partial charge is 0.306 e. The van der Waals surface area contributed by atoms with E-state index in [1.807, 2.05) is 0 Å². The summed E-state index contributed by atoms with van der Waals surface area (Å²) in [4.78, 5) is 18.3. The molecule has 4 rings (SSSR count). The van der Waals surface area contributed by atoms with E-state index in [1.54, 1.807) is 11.3 Å². The summed E-state index contributed by atoms with van der Waals surface area (Å²) in [5.74, 6) is 0.899. The molecule has 1 aliphatic carbocycles.